The van der Waals surface area contributed by atoms with Gasteiger partial charge < -0.3 is 15.7 Å². The van der Waals surface area contributed by atoms with Crippen molar-refractivity contribution in [1.29, 1.82) is 0 Å². The number of rotatable bonds is 1. The van der Waals surface area contributed by atoms with Crippen molar-refractivity contribution in [2.75, 3.05) is 19.6 Å². The van der Waals surface area contributed by atoms with Gasteiger partial charge in [-0.15, -0.1) is 0 Å². The van der Waals surface area contributed by atoms with Crippen molar-refractivity contribution in [2.24, 2.45) is 5.92 Å². The van der Waals surface area contributed by atoms with E-state index in [-0.39, 0.29) is 6.54 Å². The zero-order chi connectivity index (χ0) is 8.27. The van der Waals surface area contributed by atoms with Crippen LogP contribution in [0.5, 0.6) is 0 Å². The number of nitrogens with one attached hydrogen (secondary N) is 2. The molecule has 3 N–H and O–H groups in total. The molecule has 0 radical (unpaired) electrons. The fourth-order valence-corrected chi connectivity index (χ4v) is 0.936. The van der Waals surface area contributed by atoms with Crippen molar-refractivity contribution < 1.29 is 14.7 Å². The van der Waals surface area contributed by atoms with Crippen LogP contribution in [-0.4, -0.2) is 36.6 Å². The van der Waals surface area contributed by atoms with Gasteiger partial charge in [0, 0.05) is 19.6 Å². The molecule has 1 amide bonds. The number of carboxylic acid groups (broad SMARTS) is 1. The van der Waals surface area contributed by atoms with Crippen LogP contribution in [0.4, 0.5) is 0 Å². The van der Waals surface area contributed by atoms with E-state index in [9.17, 15) is 9.59 Å². The molecule has 0 saturated carbocycles. The van der Waals surface area contributed by atoms with Crippen molar-refractivity contribution in [3.63, 3.8) is 0 Å². The highest BCUT2D eigenvalue weighted by molar-refractivity contribution is 5.97. The smallest absolute Gasteiger partial charge is 0.317 e. The predicted octanol–water partition coefficient (Wildman–Crippen LogP) is -1.59. The minimum absolute atomic E-state index is 0.223. The van der Waals surface area contributed by atoms with Gasteiger partial charge in [-0.1, -0.05) is 0 Å². The summed E-state index contributed by atoms with van der Waals surface area (Å²) in [5, 5.41) is 13.9. The van der Waals surface area contributed by atoms with Gasteiger partial charge in [0.05, 0.1) is 0 Å². The number of hydrogen-bond donors (Lipinski definition) is 3. The maximum absolute atomic E-state index is 10.9. The van der Waals surface area contributed by atoms with E-state index in [0.29, 0.717) is 13.1 Å². The van der Waals surface area contributed by atoms with Crippen molar-refractivity contribution >= 4 is 11.9 Å². The van der Waals surface area contributed by atoms with Gasteiger partial charge in [-0.25, -0.2) is 0 Å². The molecule has 1 heterocycles. The number of amides is 1. The second kappa shape index (κ2) is 3.34. The highest BCUT2D eigenvalue weighted by Crippen LogP contribution is 1.96. The molecule has 11 heavy (non-hydrogen) atoms. The van der Waals surface area contributed by atoms with E-state index in [1.54, 1.807) is 0 Å². The Balaban J connectivity index is 2.59. The first kappa shape index (κ1) is 8.00. The van der Waals surface area contributed by atoms with Crippen LogP contribution in [-0.2, 0) is 9.59 Å². The molecule has 0 spiro atoms. The Hall–Kier alpha value is -1.10. The van der Waals surface area contributed by atoms with Crippen LogP contribution in [0.2, 0.25) is 0 Å². The van der Waals surface area contributed by atoms with Crippen molar-refractivity contribution in [3.8, 4) is 0 Å². The molecular formula is C6H10N2O3. The maximum atomic E-state index is 10.9. The molecule has 1 aliphatic heterocycles. The highest BCUT2D eigenvalue weighted by Gasteiger charge is 2.26. The Morgan fingerprint density at radius 1 is 1.55 bits per heavy atom. The quantitative estimate of drug-likeness (QED) is 0.402. The van der Waals surface area contributed by atoms with Crippen molar-refractivity contribution in [1.82, 2.24) is 10.6 Å². The normalized spacial score (nSPS) is 25.5. The summed E-state index contributed by atoms with van der Waals surface area (Å²) in [5.41, 5.74) is 0. The lowest BCUT2D eigenvalue weighted by Crippen LogP contribution is -2.36. The lowest BCUT2D eigenvalue weighted by molar-refractivity contribution is -0.146. The molecule has 1 atom stereocenters. The maximum Gasteiger partial charge on any atom is 0.317 e. The zero-order valence-electron chi connectivity index (χ0n) is 5.96. The molecule has 1 aliphatic rings. The van der Waals surface area contributed by atoms with Gasteiger partial charge in [-0.05, 0) is 0 Å². The van der Waals surface area contributed by atoms with Gasteiger partial charge in [0.2, 0.25) is 5.91 Å². The minimum Gasteiger partial charge on any atom is -0.481 e. The first-order chi connectivity index (χ1) is 5.22. The molecule has 0 aromatic carbocycles. The van der Waals surface area contributed by atoms with Gasteiger partial charge >= 0.3 is 5.97 Å². The van der Waals surface area contributed by atoms with Gasteiger partial charge in [-0.2, -0.15) is 0 Å². The fraction of sp³-hybridized carbons (Fsp3) is 0.667. The molecule has 1 unspecified atom stereocenters. The van der Waals surface area contributed by atoms with Gasteiger partial charge in [0.1, 0.15) is 5.92 Å². The number of carbonyl (C=O) groups excluding carboxylic acids is 1. The summed E-state index contributed by atoms with van der Waals surface area (Å²) >= 11 is 0. The number of aliphatic carboxylic acids is 1. The van der Waals surface area contributed by atoms with E-state index in [0.717, 1.165) is 0 Å². The third kappa shape index (κ3) is 1.91. The molecule has 0 aromatic rings. The molecule has 1 rings (SSSR count). The van der Waals surface area contributed by atoms with Crippen LogP contribution < -0.4 is 10.6 Å². The van der Waals surface area contributed by atoms with Gasteiger partial charge in [0.25, 0.3) is 0 Å². The van der Waals surface area contributed by atoms with Gasteiger partial charge in [-0.3, -0.25) is 9.59 Å². The monoisotopic (exact) mass is 158 g/mol. The molecule has 0 aliphatic carbocycles. The summed E-state index contributed by atoms with van der Waals surface area (Å²) in [6, 6.07) is 0. The third-order valence-electron chi connectivity index (χ3n) is 1.56. The standard InChI is InChI=1S/C6H10N2O3/c9-5-4(6(10)11)3-7-1-2-8-5/h4,7H,1-3H2,(H,8,9)(H,10,11). The largest absolute Gasteiger partial charge is 0.481 e. The third-order valence-corrected chi connectivity index (χ3v) is 1.56. The molecule has 0 bridgehead atoms. The molecular weight excluding hydrogens is 148 g/mol. The average Bonchev–Trinajstić information content (AvgIpc) is 2.13. The average molecular weight is 158 g/mol. The lowest BCUT2D eigenvalue weighted by Gasteiger charge is -2.05. The van der Waals surface area contributed by atoms with E-state index in [4.69, 9.17) is 5.11 Å². The summed E-state index contributed by atoms with van der Waals surface area (Å²) in [6.07, 6.45) is 0. The van der Waals surface area contributed by atoms with Crippen molar-refractivity contribution in [2.45, 2.75) is 0 Å². The predicted molar refractivity (Wildman–Crippen MR) is 37.0 cm³/mol. The Morgan fingerprint density at radius 3 is 2.91 bits per heavy atom. The van der Waals surface area contributed by atoms with Gasteiger partial charge in [0.15, 0.2) is 0 Å². The summed E-state index contributed by atoms with van der Waals surface area (Å²) in [7, 11) is 0. The summed E-state index contributed by atoms with van der Waals surface area (Å²) in [6.45, 7) is 1.36. The molecule has 5 heteroatoms. The topological polar surface area (TPSA) is 78.4 Å². The summed E-state index contributed by atoms with van der Waals surface area (Å²) in [4.78, 5) is 21.3. The minimum atomic E-state index is -1.07. The SMILES string of the molecule is O=C(O)C1CNCCNC1=O. The van der Waals surface area contributed by atoms with E-state index in [2.05, 4.69) is 10.6 Å². The number of carbonyl (C=O) groups is 2. The second-order valence-corrected chi connectivity index (χ2v) is 2.39. The molecule has 62 valence electrons. The molecule has 1 saturated heterocycles. The first-order valence-corrected chi connectivity index (χ1v) is 3.43. The second-order valence-electron chi connectivity index (χ2n) is 2.39. The summed E-state index contributed by atoms with van der Waals surface area (Å²) < 4.78 is 0. The number of hydrogen-bond acceptors (Lipinski definition) is 3. The van der Waals surface area contributed by atoms with E-state index < -0.39 is 17.8 Å². The van der Waals surface area contributed by atoms with Crippen LogP contribution in [0.1, 0.15) is 0 Å². The van der Waals surface area contributed by atoms with Crippen LogP contribution in [0.15, 0.2) is 0 Å². The lowest BCUT2D eigenvalue weighted by atomic mass is 10.1. The Kier molecular flexibility index (Phi) is 2.43. The zero-order valence-corrected chi connectivity index (χ0v) is 5.96. The number of carboxylic acids is 1. The molecule has 5 nitrogen and oxygen atoms in total. The van der Waals surface area contributed by atoms with E-state index >= 15 is 0 Å². The van der Waals surface area contributed by atoms with E-state index in [1.165, 1.54) is 0 Å². The Bertz CT molecular complexity index is 181. The Labute approximate surface area is 63.8 Å². The molecule has 1 fully saturated rings. The first-order valence-electron chi connectivity index (χ1n) is 3.43. The fourth-order valence-electron chi connectivity index (χ4n) is 0.936. The highest BCUT2D eigenvalue weighted by atomic mass is 16.4. The molecule has 0 aromatic heterocycles. The van der Waals surface area contributed by atoms with E-state index in [1.807, 2.05) is 0 Å². The Morgan fingerprint density at radius 2 is 2.27 bits per heavy atom. The van der Waals surface area contributed by atoms with Crippen LogP contribution >= 0.6 is 0 Å². The van der Waals surface area contributed by atoms with Crippen LogP contribution in [0.25, 0.3) is 0 Å². The van der Waals surface area contributed by atoms with Crippen molar-refractivity contribution in [3.05, 3.63) is 0 Å². The van der Waals surface area contributed by atoms with Crippen LogP contribution in [0.3, 0.4) is 0 Å². The summed E-state index contributed by atoms with van der Waals surface area (Å²) in [5.74, 6) is -2.41. The van der Waals surface area contributed by atoms with Crippen LogP contribution in [0, 0.1) is 5.92 Å².